The van der Waals surface area contributed by atoms with E-state index in [1.54, 1.807) is 0 Å². The zero-order valence-corrected chi connectivity index (χ0v) is 11.3. The predicted octanol–water partition coefficient (Wildman–Crippen LogP) is 2.70. The molecule has 1 heterocycles. The van der Waals surface area contributed by atoms with E-state index in [9.17, 15) is 0 Å². The van der Waals surface area contributed by atoms with Gasteiger partial charge in [-0.15, -0.1) is 0 Å². The zero-order valence-electron chi connectivity index (χ0n) is 11.3. The van der Waals surface area contributed by atoms with Crippen molar-refractivity contribution in [3.63, 3.8) is 0 Å². The molecule has 0 aliphatic heterocycles. The van der Waals surface area contributed by atoms with Crippen LogP contribution in [0.3, 0.4) is 0 Å². The van der Waals surface area contributed by atoms with Crippen LogP contribution in [-0.4, -0.2) is 18.6 Å². The summed E-state index contributed by atoms with van der Waals surface area (Å²) in [4.78, 5) is 6.53. The molecule has 0 bridgehead atoms. The lowest BCUT2D eigenvalue weighted by atomic mass is 10.2. The van der Waals surface area contributed by atoms with Crippen molar-refractivity contribution in [3.8, 4) is 5.88 Å². The van der Waals surface area contributed by atoms with Crippen molar-refractivity contribution < 1.29 is 4.74 Å². The van der Waals surface area contributed by atoms with Crippen molar-refractivity contribution in [2.24, 2.45) is 0 Å². The molecule has 0 amide bonds. The van der Waals surface area contributed by atoms with Crippen molar-refractivity contribution in [1.29, 1.82) is 0 Å². The molecule has 0 unspecified atom stereocenters. The highest BCUT2D eigenvalue weighted by Crippen LogP contribution is 2.17. The molecule has 0 fully saturated rings. The van der Waals surface area contributed by atoms with Crippen LogP contribution in [0, 0.1) is 0 Å². The Labute approximate surface area is 113 Å². The zero-order chi connectivity index (χ0) is 13.7. The van der Waals surface area contributed by atoms with Crippen LogP contribution in [0.25, 0.3) is 0 Å². The molecule has 0 radical (unpaired) electrons. The molecule has 2 rings (SSSR count). The van der Waals surface area contributed by atoms with E-state index in [2.05, 4.69) is 9.88 Å². The number of nitrogen functional groups attached to an aromatic ring is 1. The van der Waals surface area contributed by atoms with Gasteiger partial charge in [0.05, 0.1) is 6.61 Å². The number of pyridine rings is 1. The summed E-state index contributed by atoms with van der Waals surface area (Å²) < 4.78 is 5.41. The summed E-state index contributed by atoms with van der Waals surface area (Å²) in [7, 11) is 2.01. The minimum Gasteiger partial charge on any atom is -0.478 e. The fraction of sp³-hybridized carbons (Fsp3) is 0.267. The molecule has 0 aliphatic carbocycles. The number of hydrogen-bond donors (Lipinski definition) is 1. The first-order valence-corrected chi connectivity index (χ1v) is 6.34. The highest BCUT2D eigenvalue weighted by atomic mass is 16.5. The van der Waals surface area contributed by atoms with Gasteiger partial charge in [0.25, 0.3) is 0 Å². The highest BCUT2D eigenvalue weighted by Gasteiger charge is 2.05. The second kappa shape index (κ2) is 6.09. The summed E-state index contributed by atoms with van der Waals surface area (Å²) in [5, 5.41) is 0. The van der Waals surface area contributed by atoms with Crippen LogP contribution in [-0.2, 0) is 6.54 Å². The van der Waals surface area contributed by atoms with Gasteiger partial charge in [0.15, 0.2) is 0 Å². The molecular formula is C15H19N3O. The average Bonchev–Trinajstić information content (AvgIpc) is 2.42. The molecular weight excluding hydrogens is 238 g/mol. The fourth-order valence-electron chi connectivity index (χ4n) is 1.82. The largest absolute Gasteiger partial charge is 0.478 e. The standard InChI is InChI=1S/C15H19N3O/c1-3-19-15-6-4-5-14(17-15)18(2)11-12-7-9-13(16)10-8-12/h4-10H,3,11,16H2,1-2H3. The lowest BCUT2D eigenvalue weighted by Crippen LogP contribution is -2.17. The Morgan fingerprint density at radius 3 is 2.58 bits per heavy atom. The van der Waals surface area contributed by atoms with Crippen LogP contribution < -0.4 is 15.4 Å². The van der Waals surface area contributed by atoms with Crippen LogP contribution in [0.15, 0.2) is 42.5 Å². The van der Waals surface area contributed by atoms with Crippen LogP contribution >= 0.6 is 0 Å². The third-order valence-corrected chi connectivity index (χ3v) is 2.79. The van der Waals surface area contributed by atoms with E-state index in [1.807, 2.05) is 56.4 Å². The van der Waals surface area contributed by atoms with Gasteiger partial charge in [0, 0.05) is 25.3 Å². The van der Waals surface area contributed by atoms with Crippen LogP contribution in [0.1, 0.15) is 12.5 Å². The Hall–Kier alpha value is -2.23. The van der Waals surface area contributed by atoms with Gasteiger partial charge in [0.1, 0.15) is 5.82 Å². The Bertz CT molecular complexity index is 525. The number of hydrogen-bond acceptors (Lipinski definition) is 4. The normalized spacial score (nSPS) is 10.2. The minimum absolute atomic E-state index is 0.623. The van der Waals surface area contributed by atoms with Crippen molar-refractivity contribution >= 4 is 11.5 Å². The molecule has 0 atom stereocenters. The number of ether oxygens (including phenoxy) is 1. The molecule has 2 N–H and O–H groups in total. The van der Waals surface area contributed by atoms with Crippen LogP contribution in [0.2, 0.25) is 0 Å². The number of anilines is 2. The SMILES string of the molecule is CCOc1cccc(N(C)Cc2ccc(N)cc2)n1. The quantitative estimate of drug-likeness (QED) is 0.837. The first kappa shape index (κ1) is 13.2. The number of benzene rings is 1. The van der Waals surface area contributed by atoms with E-state index in [0.29, 0.717) is 12.5 Å². The molecule has 0 saturated carbocycles. The van der Waals surface area contributed by atoms with Crippen molar-refractivity contribution in [2.45, 2.75) is 13.5 Å². The van der Waals surface area contributed by atoms with Crippen molar-refractivity contribution in [2.75, 3.05) is 24.3 Å². The van der Waals surface area contributed by atoms with E-state index >= 15 is 0 Å². The molecule has 0 aliphatic rings. The van der Waals surface area contributed by atoms with Crippen molar-refractivity contribution in [3.05, 3.63) is 48.0 Å². The van der Waals surface area contributed by atoms with Gasteiger partial charge in [-0.2, -0.15) is 4.98 Å². The molecule has 4 heteroatoms. The maximum atomic E-state index is 5.68. The summed E-state index contributed by atoms with van der Waals surface area (Å²) in [5.74, 6) is 1.55. The molecule has 0 spiro atoms. The third kappa shape index (κ3) is 3.61. The van der Waals surface area contributed by atoms with E-state index in [0.717, 1.165) is 18.1 Å². The Kier molecular flexibility index (Phi) is 4.23. The van der Waals surface area contributed by atoms with Crippen molar-refractivity contribution in [1.82, 2.24) is 4.98 Å². The van der Waals surface area contributed by atoms with E-state index < -0.39 is 0 Å². The minimum atomic E-state index is 0.623. The van der Waals surface area contributed by atoms with Gasteiger partial charge in [-0.05, 0) is 30.7 Å². The lowest BCUT2D eigenvalue weighted by Gasteiger charge is -2.18. The van der Waals surface area contributed by atoms with Crippen LogP contribution in [0.5, 0.6) is 5.88 Å². The number of nitrogens with two attached hydrogens (primary N) is 1. The van der Waals surface area contributed by atoms with Gasteiger partial charge in [-0.25, -0.2) is 0 Å². The molecule has 0 saturated heterocycles. The van der Waals surface area contributed by atoms with E-state index in [1.165, 1.54) is 5.56 Å². The summed E-state index contributed by atoms with van der Waals surface area (Å²) in [6.45, 7) is 3.35. The predicted molar refractivity (Wildman–Crippen MR) is 78.4 cm³/mol. The Balaban J connectivity index is 2.08. The Morgan fingerprint density at radius 2 is 1.89 bits per heavy atom. The first-order valence-electron chi connectivity index (χ1n) is 6.34. The second-order valence-corrected chi connectivity index (χ2v) is 4.36. The van der Waals surface area contributed by atoms with Crippen LogP contribution in [0.4, 0.5) is 11.5 Å². The number of rotatable bonds is 5. The average molecular weight is 257 g/mol. The monoisotopic (exact) mass is 257 g/mol. The number of nitrogens with zero attached hydrogens (tertiary/aromatic N) is 2. The molecule has 2 aromatic rings. The topological polar surface area (TPSA) is 51.4 Å². The highest BCUT2D eigenvalue weighted by molar-refractivity contribution is 5.43. The molecule has 1 aromatic heterocycles. The first-order chi connectivity index (χ1) is 9.19. The summed E-state index contributed by atoms with van der Waals surface area (Å²) in [6, 6.07) is 13.7. The smallest absolute Gasteiger partial charge is 0.215 e. The molecule has 100 valence electrons. The maximum absolute atomic E-state index is 5.68. The second-order valence-electron chi connectivity index (χ2n) is 4.36. The molecule has 1 aromatic carbocycles. The lowest BCUT2D eigenvalue weighted by molar-refractivity contribution is 0.327. The van der Waals surface area contributed by atoms with E-state index in [4.69, 9.17) is 10.5 Å². The molecule has 4 nitrogen and oxygen atoms in total. The van der Waals surface area contributed by atoms with Gasteiger partial charge >= 0.3 is 0 Å². The number of aromatic nitrogens is 1. The summed E-state index contributed by atoms with van der Waals surface area (Å²) in [6.07, 6.45) is 0. The van der Waals surface area contributed by atoms with Gasteiger partial charge in [0.2, 0.25) is 5.88 Å². The van der Waals surface area contributed by atoms with E-state index in [-0.39, 0.29) is 0 Å². The Morgan fingerprint density at radius 1 is 1.16 bits per heavy atom. The van der Waals surface area contributed by atoms with Gasteiger partial charge in [-0.1, -0.05) is 18.2 Å². The van der Waals surface area contributed by atoms with Gasteiger partial charge in [-0.3, -0.25) is 0 Å². The fourth-order valence-corrected chi connectivity index (χ4v) is 1.82. The summed E-state index contributed by atoms with van der Waals surface area (Å²) in [5.41, 5.74) is 7.65. The van der Waals surface area contributed by atoms with Gasteiger partial charge < -0.3 is 15.4 Å². The summed E-state index contributed by atoms with van der Waals surface area (Å²) >= 11 is 0. The molecule has 19 heavy (non-hydrogen) atoms. The maximum Gasteiger partial charge on any atom is 0.215 e. The third-order valence-electron chi connectivity index (χ3n) is 2.79.